The van der Waals surface area contributed by atoms with Crippen LogP contribution >= 0.6 is 11.3 Å². The Morgan fingerprint density at radius 3 is 1.16 bits per heavy atom. The summed E-state index contributed by atoms with van der Waals surface area (Å²) < 4.78 is 2.63. The standard InChI is InChI=1S/C60H48S/c1-59(2,3)39-34-38(35-40(36-39)60(4,5)6)54-43-24-12-16-28-47(43)56(48-29-17-13-25-44(48)54)50-31-18-32-51-57-49(30-19-33-52(57)61-58(50)51)55-45-26-14-10-22-41(45)53(37-20-8-7-9-21-37)42-23-11-15-27-46(42)55/h7-36H,1-6H3. The minimum atomic E-state index is 0.0136. The van der Waals surface area contributed by atoms with E-state index in [4.69, 9.17) is 0 Å². The second-order valence-corrected chi connectivity index (χ2v) is 19.9. The molecule has 0 amide bonds. The van der Waals surface area contributed by atoms with Gasteiger partial charge in [0.15, 0.2) is 0 Å². The Balaban J connectivity index is 1.21. The maximum Gasteiger partial charge on any atom is 0.0434 e. The van der Waals surface area contributed by atoms with E-state index in [1.165, 1.54) is 119 Å². The van der Waals surface area contributed by atoms with Crippen molar-refractivity contribution in [2.45, 2.75) is 52.4 Å². The van der Waals surface area contributed by atoms with E-state index >= 15 is 0 Å². The number of hydrogen-bond donors (Lipinski definition) is 0. The van der Waals surface area contributed by atoms with E-state index < -0.39 is 0 Å². The number of rotatable bonds is 4. The summed E-state index contributed by atoms with van der Waals surface area (Å²) in [5.41, 5.74) is 13.1. The summed E-state index contributed by atoms with van der Waals surface area (Å²) in [7, 11) is 0. The Hall–Kier alpha value is -6.54. The third kappa shape index (κ3) is 6.01. The summed E-state index contributed by atoms with van der Waals surface area (Å²) in [4.78, 5) is 0. The lowest BCUT2D eigenvalue weighted by molar-refractivity contribution is 0.569. The largest absolute Gasteiger partial charge is 0.135 e. The highest BCUT2D eigenvalue weighted by molar-refractivity contribution is 7.26. The maximum absolute atomic E-state index is 2.46. The van der Waals surface area contributed by atoms with Gasteiger partial charge in [0.05, 0.1) is 0 Å². The first kappa shape index (κ1) is 37.5. The average molecular weight is 801 g/mol. The van der Waals surface area contributed by atoms with Crippen molar-refractivity contribution in [1.29, 1.82) is 0 Å². The molecule has 0 spiro atoms. The molecule has 0 saturated carbocycles. The Morgan fingerprint density at radius 1 is 0.311 bits per heavy atom. The first-order valence-corrected chi connectivity index (χ1v) is 22.4. The van der Waals surface area contributed by atoms with Crippen LogP contribution in [-0.4, -0.2) is 0 Å². The van der Waals surface area contributed by atoms with Crippen LogP contribution in [0.4, 0.5) is 0 Å². The fourth-order valence-corrected chi connectivity index (χ4v) is 11.2. The lowest BCUT2D eigenvalue weighted by atomic mass is 9.77. The first-order valence-electron chi connectivity index (χ1n) is 21.6. The lowest BCUT2D eigenvalue weighted by Gasteiger charge is -2.27. The van der Waals surface area contributed by atoms with E-state index in [0.29, 0.717) is 0 Å². The molecular weight excluding hydrogens is 753 g/mol. The molecule has 0 aliphatic carbocycles. The second-order valence-electron chi connectivity index (χ2n) is 18.8. The van der Waals surface area contributed by atoms with Gasteiger partial charge in [-0.1, -0.05) is 217 Å². The average Bonchev–Trinajstić information content (AvgIpc) is 3.66. The molecular formula is C60H48S. The van der Waals surface area contributed by atoms with Crippen LogP contribution in [-0.2, 0) is 10.8 Å². The highest BCUT2D eigenvalue weighted by atomic mass is 32.1. The molecule has 294 valence electrons. The first-order chi connectivity index (χ1) is 29.6. The molecule has 11 rings (SSSR count). The van der Waals surface area contributed by atoms with Gasteiger partial charge in [0.25, 0.3) is 0 Å². The second kappa shape index (κ2) is 14.0. The number of benzene rings is 10. The fraction of sp³-hybridized carbons (Fsp3) is 0.133. The van der Waals surface area contributed by atoms with Gasteiger partial charge < -0.3 is 0 Å². The van der Waals surface area contributed by atoms with Crippen molar-refractivity contribution in [1.82, 2.24) is 0 Å². The summed E-state index contributed by atoms with van der Waals surface area (Å²) in [5, 5.41) is 12.9. The van der Waals surface area contributed by atoms with E-state index in [1.54, 1.807) is 0 Å². The number of thiophene rings is 1. The molecule has 0 saturated heterocycles. The summed E-state index contributed by atoms with van der Waals surface area (Å²) in [6.45, 7) is 14.0. The predicted molar refractivity (Wildman–Crippen MR) is 268 cm³/mol. The molecule has 0 aliphatic rings. The molecule has 61 heavy (non-hydrogen) atoms. The van der Waals surface area contributed by atoms with E-state index in [9.17, 15) is 0 Å². The third-order valence-electron chi connectivity index (χ3n) is 12.9. The van der Waals surface area contributed by atoms with Crippen LogP contribution in [0.1, 0.15) is 52.7 Å². The molecule has 0 atom stereocenters. The third-order valence-corrected chi connectivity index (χ3v) is 14.1. The van der Waals surface area contributed by atoms with Gasteiger partial charge in [-0.3, -0.25) is 0 Å². The Morgan fingerprint density at radius 2 is 0.689 bits per heavy atom. The van der Waals surface area contributed by atoms with Crippen LogP contribution in [0.5, 0.6) is 0 Å². The molecule has 11 aromatic rings. The minimum absolute atomic E-state index is 0.0136. The molecule has 0 fully saturated rings. The molecule has 10 aromatic carbocycles. The van der Waals surface area contributed by atoms with Crippen molar-refractivity contribution >= 4 is 74.6 Å². The van der Waals surface area contributed by atoms with Gasteiger partial charge in [-0.25, -0.2) is 0 Å². The molecule has 0 aliphatic heterocycles. The summed E-state index contributed by atoms with van der Waals surface area (Å²) in [6.07, 6.45) is 0. The van der Waals surface area contributed by atoms with Gasteiger partial charge in [-0.15, -0.1) is 11.3 Å². The highest BCUT2D eigenvalue weighted by Crippen LogP contribution is 2.52. The van der Waals surface area contributed by atoms with Crippen molar-refractivity contribution in [3.05, 3.63) is 193 Å². The summed E-state index contributed by atoms with van der Waals surface area (Å²) in [6, 6.07) is 68.5. The normalized spacial score (nSPS) is 12.4. The van der Waals surface area contributed by atoms with Gasteiger partial charge in [-0.05, 0) is 110 Å². The topological polar surface area (TPSA) is 0 Å². The van der Waals surface area contributed by atoms with Gasteiger partial charge in [0.1, 0.15) is 0 Å². The molecule has 1 heteroatoms. The van der Waals surface area contributed by atoms with Crippen molar-refractivity contribution in [2.75, 3.05) is 0 Å². The highest BCUT2D eigenvalue weighted by Gasteiger charge is 2.25. The quantitative estimate of drug-likeness (QED) is 0.156. The van der Waals surface area contributed by atoms with Gasteiger partial charge in [-0.2, -0.15) is 0 Å². The molecule has 1 aromatic heterocycles. The lowest BCUT2D eigenvalue weighted by Crippen LogP contribution is -2.16. The van der Waals surface area contributed by atoms with Crippen LogP contribution in [0.25, 0.3) is 108 Å². The predicted octanol–water partition coefficient (Wildman–Crippen LogP) is 17.9. The van der Waals surface area contributed by atoms with Crippen LogP contribution in [0.2, 0.25) is 0 Å². The molecule has 0 unspecified atom stereocenters. The monoisotopic (exact) mass is 800 g/mol. The number of hydrogen-bond acceptors (Lipinski definition) is 1. The Bertz CT molecular complexity index is 3390. The van der Waals surface area contributed by atoms with Crippen LogP contribution in [0, 0.1) is 0 Å². The van der Waals surface area contributed by atoms with Crippen LogP contribution in [0.3, 0.4) is 0 Å². The molecule has 0 bridgehead atoms. The van der Waals surface area contributed by atoms with E-state index in [1.807, 2.05) is 11.3 Å². The van der Waals surface area contributed by atoms with Crippen LogP contribution < -0.4 is 0 Å². The van der Waals surface area contributed by atoms with Gasteiger partial charge >= 0.3 is 0 Å². The molecule has 0 N–H and O–H groups in total. The van der Waals surface area contributed by atoms with Gasteiger partial charge in [0.2, 0.25) is 0 Å². The van der Waals surface area contributed by atoms with Crippen molar-refractivity contribution < 1.29 is 0 Å². The fourth-order valence-electron chi connectivity index (χ4n) is 9.95. The maximum atomic E-state index is 2.46. The minimum Gasteiger partial charge on any atom is -0.135 e. The van der Waals surface area contributed by atoms with Crippen molar-refractivity contribution in [3.63, 3.8) is 0 Å². The van der Waals surface area contributed by atoms with Crippen molar-refractivity contribution in [3.8, 4) is 44.5 Å². The Labute approximate surface area is 362 Å². The zero-order valence-corrected chi connectivity index (χ0v) is 36.5. The van der Waals surface area contributed by atoms with E-state index in [-0.39, 0.29) is 10.8 Å². The zero-order valence-electron chi connectivity index (χ0n) is 35.7. The van der Waals surface area contributed by atoms with E-state index in [2.05, 4.69) is 224 Å². The summed E-state index contributed by atoms with van der Waals surface area (Å²) in [5.74, 6) is 0. The van der Waals surface area contributed by atoms with Crippen LogP contribution in [0.15, 0.2) is 182 Å². The molecule has 0 nitrogen and oxygen atoms in total. The van der Waals surface area contributed by atoms with Crippen molar-refractivity contribution in [2.24, 2.45) is 0 Å². The van der Waals surface area contributed by atoms with E-state index in [0.717, 1.165) is 0 Å². The number of fused-ring (bicyclic) bond motifs is 7. The smallest absolute Gasteiger partial charge is 0.0434 e. The zero-order chi connectivity index (χ0) is 41.6. The Kier molecular flexibility index (Phi) is 8.61. The SMILES string of the molecule is CC(C)(C)c1cc(-c2c3ccccc3c(-c3cccc4c3sc3cccc(-c5c6ccccc6c(-c6ccccc6)c6ccccc56)c34)c3ccccc23)cc(C(C)(C)C)c1. The van der Waals surface area contributed by atoms with Gasteiger partial charge in [0, 0.05) is 25.7 Å². The molecule has 0 radical (unpaired) electrons. The summed E-state index contributed by atoms with van der Waals surface area (Å²) >= 11 is 1.93. The molecule has 1 heterocycles.